The predicted molar refractivity (Wildman–Crippen MR) is 132 cm³/mol. The molecule has 2 aromatic heterocycles. The largest absolute Gasteiger partial charge is 0.494 e. The lowest BCUT2D eigenvalue weighted by Crippen LogP contribution is -2.33. The lowest BCUT2D eigenvalue weighted by molar-refractivity contribution is -0.130. The summed E-state index contributed by atoms with van der Waals surface area (Å²) in [6.07, 6.45) is 3.63. The molecule has 1 aliphatic rings. The van der Waals surface area contributed by atoms with E-state index in [0.29, 0.717) is 58.9 Å². The number of hydrogen-bond donors (Lipinski definition) is 2. The van der Waals surface area contributed by atoms with Crippen LogP contribution in [0.5, 0.6) is 5.75 Å². The number of para-hydroxylation sites is 1. The number of fused-ring (bicyclic) bond motifs is 1. The Balaban J connectivity index is 0.000000253. The first-order valence-electron chi connectivity index (χ1n) is 11.4. The number of aryl methyl sites for hydroxylation is 1. The Morgan fingerprint density at radius 2 is 2.06 bits per heavy atom. The van der Waals surface area contributed by atoms with E-state index in [1.165, 1.54) is 25.4 Å². The second kappa shape index (κ2) is 12.5. The Labute approximate surface area is 207 Å². The smallest absolute Gasteiger partial charge is 0.339 e. The number of nitrogens with zero attached hydrogens (tertiary/aromatic N) is 3. The van der Waals surface area contributed by atoms with Crippen LogP contribution in [0.3, 0.4) is 0 Å². The Bertz CT molecular complexity index is 1270. The van der Waals surface area contributed by atoms with Crippen LogP contribution in [0, 0.1) is 0 Å². The molecule has 3 heterocycles. The Morgan fingerprint density at radius 1 is 1.25 bits per heavy atom. The van der Waals surface area contributed by atoms with E-state index in [1.807, 2.05) is 11.9 Å². The number of aldehydes is 1. The number of esters is 1. The van der Waals surface area contributed by atoms with Crippen molar-refractivity contribution in [1.29, 1.82) is 0 Å². The fraction of sp³-hybridized carbons (Fsp3) is 0.360. The highest BCUT2D eigenvalue weighted by Crippen LogP contribution is 2.21. The summed E-state index contributed by atoms with van der Waals surface area (Å²) < 4.78 is 9.71. The first kappa shape index (κ1) is 26.5. The van der Waals surface area contributed by atoms with Crippen LogP contribution in [0.1, 0.15) is 39.5 Å². The van der Waals surface area contributed by atoms with Crippen LogP contribution in [0.15, 0.2) is 41.3 Å². The molecule has 1 aromatic carbocycles. The number of nitrogens with one attached hydrogen (secondary N) is 2. The van der Waals surface area contributed by atoms with Gasteiger partial charge in [0.15, 0.2) is 6.29 Å². The average molecular weight is 496 g/mol. The molecule has 0 spiro atoms. The molecule has 0 bridgehead atoms. The molecule has 0 aliphatic carbocycles. The van der Waals surface area contributed by atoms with Crippen molar-refractivity contribution in [3.05, 3.63) is 64.0 Å². The zero-order valence-corrected chi connectivity index (χ0v) is 20.4. The lowest BCUT2D eigenvalue weighted by Gasteiger charge is -2.16. The van der Waals surface area contributed by atoms with E-state index in [9.17, 15) is 19.2 Å². The molecule has 190 valence electrons. The van der Waals surface area contributed by atoms with E-state index in [-0.39, 0.29) is 11.5 Å². The maximum atomic E-state index is 12.3. The van der Waals surface area contributed by atoms with E-state index < -0.39 is 5.97 Å². The number of H-pyrrole nitrogens is 1. The number of methoxy groups -OCH3 is 2. The van der Waals surface area contributed by atoms with Crippen LogP contribution in [0.4, 0.5) is 0 Å². The minimum Gasteiger partial charge on any atom is -0.494 e. The summed E-state index contributed by atoms with van der Waals surface area (Å²) in [6, 6.07) is 8.55. The van der Waals surface area contributed by atoms with Crippen molar-refractivity contribution in [2.24, 2.45) is 0 Å². The molecule has 1 saturated heterocycles. The molecule has 4 rings (SSSR count). The van der Waals surface area contributed by atoms with E-state index >= 15 is 0 Å². The van der Waals surface area contributed by atoms with Gasteiger partial charge in [-0.1, -0.05) is 6.07 Å². The maximum Gasteiger partial charge on any atom is 0.339 e. The summed E-state index contributed by atoms with van der Waals surface area (Å²) in [7, 11) is 4.75. The minimum atomic E-state index is -0.458. The normalized spacial score (nSPS) is 14.6. The van der Waals surface area contributed by atoms with E-state index in [1.54, 1.807) is 25.3 Å². The maximum absolute atomic E-state index is 12.3. The van der Waals surface area contributed by atoms with Gasteiger partial charge in [-0.15, -0.1) is 0 Å². The van der Waals surface area contributed by atoms with Gasteiger partial charge in [0.05, 0.1) is 25.2 Å². The molecule has 1 unspecified atom stereocenters. The number of aromatic amines is 1. The molecule has 1 fully saturated rings. The number of rotatable bonds is 7. The molecule has 1 amide bonds. The van der Waals surface area contributed by atoms with Gasteiger partial charge in [-0.2, -0.15) is 0 Å². The summed E-state index contributed by atoms with van der Waals surface area (Å²) in [4.78, 5) is 58.3. The standard InChI is InChI=1S/C17H22N4O3.C8H7NO3/c1-18-11-8-9-21(10-11)15(22)7-6-14-19-16-12(17(23)20-14)4-3-5-13(16)24-2;1-12-8(11)6-2-3-7(5-10)9-4-6/h3-5,11,18H,6-10H2,1-2H3,(H,19,20,23);2-5H,1H3. The van der Waals surface area contributed by atoms with Gasteiger partial charge in [0.2, 0.25) is 5.91 Å². The van der Waals surface area contributed by atoms with Crippen molar-refractivity contribution in [2.75, 3.05) is 34.4 Å². The van der Waals surface area contributed by atoms with Gasteiger partial charge in [0.1, 0.15) is 22.8 Å². The summed E-state index contributed by atoms with van der Waals surface area (Å²) >= 11 is 0. The van der Waals surface area contributed by atoms with Crippen molar-refractivity contribution in [2.45, 2.75) is 25.3 Å². The van der Waals surface area contributed by atoms with Gasteiger partial charge in [0.25, 0.3) is 5.56 Å². The number of likely N-dealkylation sites (N-methyl/N-ethyl adjacent to an activating group) is 1. The number of carbonyl (C=O) groups excluding carboxylic acids is 3. The molecule has 11 nitrogen and oxygen atoms in total. The van der Waals surface area contributed by atoms with Gasteiger partial charge in [-0.05, 0) is 37.7 Å². The molecule has 2 N–H and O–H groups in total. The van der Waals surface area contributed by atoms with E-state index in [0.717, 1.165) is 19.5 Å². The zero-order chi connectivity index (χ0) is 26.1. The summed E-state index contributed by atoms with van der Waals surface area (Å²) in [5.41, 5.74) is 0.950. The number of hydrogen-bond acceptors (Lipinski definition) is 9. The van der Waals surface area contributed by atoms with Gasteiger partial charge >= 0.3 is 5.97 Å². The molecule has 36 heavy (non-hydrogen) atoms. The SMILES string of the molecule is CNC1CCN(C(=O)CCc2nc3c(OC)cccc3c(=O)[nH]2)C1.COC(=O)c1ccc(C=O)nc1. The quantitative estimate of drug-likeness (QED) is 0.367. The van der Waals surface area contributed by atoms with Gasteiger partial charge in [-0.3, -0.25) is 19.4 Å². The fourth-order valence-electron chi connectivity index (χ4n) is 3.78. The fourth-order valence-corrected chi connectivity index (χ4v) is 3.78. The van der Waals surface area contributed by atoms with Crippen LogP contribution in [0.2, 0.25) is 0 Å². The molecule has 1 atom stereocenters. The number of amides is 1. The number of benzene rings is 1. The van der Waals surface area contributed by atoms with Crippen molar-refractivity contribution in [3.8, 4) is 5.75 Å². The van der Waals surface area contributed by atoms with Crippen LogP contribution < -0.4 is 15.6 Å². The Hall–Kier alpha value is -4.12. The molecule has 11 heteroatoms. The third kappa shape index (κ3) is 6.51. The topological polar surface area (TPSA) is 144 Å². The first-order chi connectivity index (χ1) is 17.4. The Morgan fingerprint density at radius 3 is 2.67 bits per heavy atom. The highest BCUT2D eigenvalue weighted by Gasteiger charge is 2.24. The summed E-state index contributed by atoms with van der Waals surface area (Å²) in [6.45, 7) is 1.52. The number of likely N-dealkylation sites (tertiary alicyclic amines) is 1. The van der Waals surface area contributed by atoms with E-state index in [2.05, 4.69) is 25.0 Å². The van der Waals surface area contributed by atoms with Gasteiger partial charge in [0, 0.05) is 38.2 Å². The van der Waals surface area contributed by atoms with E-state index in [4.69, 9.17) is 4.74 Å². The van der Waals surface area contributed by atoms with Crippen LogP contribution >= 0.6 is 0 Å². The van der Waals surface area contributed by atoms with Crippen molar-refractivity contribution >= 4 is 29.1 Å². The number of ether oxygens (including phenoxy) is 2. The lowest BCUT2D eigenvalue weighted by atomic mass is 10.2. The molecule has 0 saturated carbocycles. The number of aromatic nitrogens is 3. The monoisotopic (exact) mass is 495 g/mol. The highest BCUT2D eigenvalue weighted by molar-refractivity contribution is 5.89. The summed E-state index contributed by atoms with van der Waals surface area (Å²) in [5, 5.41) is 3.68. The van der Waals surface area contributed by atoms with Crippen LogP contribution in [-0.4, -0.2) is 78.4 Å². The minimum absolute atomic E-state index is 0.0931. The highest BCUT2D eigenvalue weighted by atomic mass is 16.5. The number of carbonyl (C=O) groups is 3. The molecular formula is C25H29N5O6. The first-order valence-corrected chi connectivity index (χ1v) is 11.4. The average Bonchev–Trinajstić information content (AvgIpc) is 3.41. The van der Waals surface area contributed by atoms with Crippen molar-refractivity contribution in [3.63, 3.8) is 0 Å². The van der Waals surface area contributed by atoms with Gasteiger partial charge in [-0.25, -0.2) is 9.78 Å². The van der Waals surface area contributed by atoms with Crippen molar-refractivity contribution in [1.82, 2.24) is 25.2 Å². The third-order valence-electron chi connectivity index (χ3n) is 5.82. The zero-order valence-electron chi connectivity index (χ0n) is 20.4. The molecule has 0 radical (unpaired) electrons. The second-order valence-electron chi connectivity index (χ2n) is 8.06. The molecule has 1 aliphatic heterocycles. The molecular weight excluding hydrogens is 466 g/mol. The van der Waals surface area contributed by atoms with Crippen LogP contribution in [0.25, 0.3) is 10.9 Å². The Kier molecular flexibility index (Phi) is 9.23. The molecule has 3 aromatic rings. The second-order valence-corrected chi connectivity index (χ2v) is 8.06. The van der Waals surface area contributed by atoms with Crippen LogP contribution in [-0.2, 0) is 16.0 Å². The summed E-state index contributed by atoms with van der Waals surface area (Å²) in [5.74, 6) is 0.702. The van der Waals surface area contributed by atoms with Crippen molar-refractivity contribution < 1.29 is 23.9 Å². The number of pyridine rings is 1. The van der Waals surface area contributed by atoms with Gasteiger partial charge < -0.3 is 24.7 Å². The predicted octanol–water partition coefficient (Wildman–Crippen LogP) is 1.37. The third-order valence-corrected chi connectivity index (χ3v) is 5.82.